The number of carbonyl (C=O) groups is 1. The molecule has 0 N–H and O–H groups in total. The number of rotatable bonds is 7. The van der Waals surface area contributed by atoms with Gasteiger partial charge in [0.05, 0.1) is 6.61 Å². The number of carbonyl (C=O) groups excluding carboxylic acids is 1. The van der Waals surface area contributed by atoms with E-state index < -0.39 is 0 Å². The molecule has 1 amide bonds. The summed E-state index contributed by atoms with van der Waals surface area (Å²) in [4.78, 5) is 15.9. The van der Waals surface area contributed by atoms with Gasteiger partial charge in [-0.1, -0.05) is 43.3 Å². The number of piperidine rings is 1. The van der Waals surface area contributed by atoms with E-state index in [-0.39, 0.29) is 5.91 Å². The summed E-state index contributed by atoms with van der Waals surface area (Å²) in [5.74, 6) is 1.73. The van der Waals surface area contributed by atoms with E-state index in [2.05, 4.69) is 25.1 Å². The van der Waals surface area contributed by atoms with Gasteiger partial charge in [-0.05, 0) is 48.3 Å². The van der Waals surface area contributed by atoms with Crippen LogP contribution in [0.2, 0.25) is 0 Å². The molecule has 0 unspecified atom stereocenters. The smallest absolute Gasteiger partial charge is 0.253 e. The number of benzene rings is 2. The highest BCUT2D eigenvalue weighted by atomic mass is 32.2. The lowest BCUT2D eigenvalue weighted by atomic mass is 9.97. The summed E-state index contributed by atoms with van der Waals surface area (Å²) < 4.78 is 5.88. The van der Waals surface area contributed by atoms with E-state index in [4.69, 9.17) is 4.74 Å². The van der Waals surface area contributed by atoms with E-state index in [1.807, 2.05) is 41.3 Å². The Morgan fingerprint density at radius 1 is 1.12 bits per heavy atom. The first-order chi connectivity index (χ1) is 12.8. The molecule has 1 saturated heterocycles. The molecule has 0 radical (unpaired) electrons. The van der Waals surface area contributed by atoms with Gasteiger partial charge >= 0.3 is 0 Å². The van der Waals surface area contributed by atoms with Gasteiger partial charge in [0, 0.05) is 30.2 Å². The molecule has 0 saturated carbocycles. The largest absolute Gasteiger partial charge is 0.376 e. The van der Waals surface area contributed by atoms with Crippen molar-refractivity contribution in [2.24, 2.45) is 5.92 Å². The zero-order chi connectivity index (χ0) is 18.2. The Morgan fingerprint density at radius 2 is 1.88 bits per heavy atom. The molecule has 2 aromatic carbocycles. The van der Waals surface area contributed by atoms with Gasteiger partial charge in [-0.25, -0.2) is 0 Å². The molecule has 0 atom stereocenters. The van der Waals surface area contributed by atoms with Crippen LogP contribution in [0.1, 0.15) is 35.7 Å². The molecule has 3 nitrogen and oxygen atoms in total. The molecule has 3 rings (SSSR count). The Morgan fingerprint density at radius 3 is 2.62 bits per heavy atom. The van der Waals surface area contributed by atoms with Gasteiger partial charge in [0.1, 0.15) is 0 Å². The second-order valence-electron chi connectivity index (χ2n) is 6.70. The second kappa shape index (κ2) is 9.79. The van der Waals surface area contributed by atoms with Crippen LogP contribution in [0.3, 0.4) is 0 Å². The Bertz CT molecular complexity index is 696. The maximum atomic E-state index is 12.7. The number of ether oxygens (including phenoxy) is 1. The van der Waals surface area contributed by atoms with Crippen molar-refractivity contribution in [2.75, 3.05) is 25.4 Å². The molecule has 1 heterocycles. The molecular weight excluding hydrogens is 342 g/mol. The van der Waals surface area contributed by atoms with Crippen molar-refractivity contribution in [3.8, 4) is 0 Å². The molecule has 0 aliphatic carbocycles. The van der Waals surface area contributed by atoms with Crippen LogP contribution in [0.25, 0.3) is 0 Å². The number of likely N-dealkylation sites (tertiary alicyclic amines) is 1. The van der Waals surface area contributed by atoms with E-state index >= 15 is 0 Å². The van der Waals surface area contributed by atoms with Gasteiger partial charge in [-0.2, -0.15) is 0 Å². The maximum absolute atomic E-state index is 12.7. The van der Waals surface area contributed by atoms with Gasteiger partial charge in [-0.15, -0.1) is 11.8 Å². The van der Waals surface area contributed by atoms with Gasteiger partial charge in [0.25, 0.3) is 5.91 Å². The van der Waals surface area contributed by atoms with Gasteiger partial charge in [0.15, 0.2) is 0 Å². The van der Waals surface area contributed by atoms with Gasteiger partial charge in [-0.3, -0.25) is 4.79 Å². The monoisotopic (exact) mass is 369 g/mol. The van der Waals surface area contributed by atoms with Crippen LogP contribution in [-0.4, -0.2) is 36.3 Å². The number of thioether (sulfide) groups is 1. The van der Waals surface area contributed by atoms with Crippen LogP contribution in [0.5, 0.6) is 0 Å². The second-order valence-corrected chi connectivity index (χ2v) is 8.03. The first-order valence-corrected chi connectivity index (χ1v) is 10.4. The molecule has 1 fully saturated rings. The summed E-state index contributed by atoms with van der Waals surface area (Å²) in [7, 11) is 0. The van der Waals surface area contributed by atoms with Crippen molar-refractivity contribution >= 4 is 17.7 Å². The van der Waals surface area contributed by atoms with Crippen LogP contribution < -0.4 is 0 Å². The molecule has 0 bridgehead atoms. The Balaban J connectivity index is 1.44. The highest BCUT2D eigenvalue weighted by Gasteiger charge is 2.23. The molecule has 1 aliphatic rings. The van der Waals surface area contributed by atoms with Gasteiger partial charge in [0.2, 0.25) is 0 Å². The summed E-state index contributed by atoms with van der Waals surface area (Å²) in [5.41, 5.74) is 2.02. The number of amides is 1. The minimum absolute atomic E-state index is 0.159. The Kier molecular flexibility index (Phi) is 7.15. The highest BCUT2D eigenvalue weighted by molar-refractivity contribution is 7.99. The molecule has 0 spiro atoms. The molecule has 4 heteroatoms. The van der Waals surface area contributed by atoms with Crippen molar-refractivity contribution < 1.29 is 9.53 Å². The Hall–Kier alpha value is -1.78. The molecule has 138 valence electrons. The van der Waals surface area contributed by atoms with Crippen molar-refractivity contribution in [1.29, 1.82) is 0 Å². The third kappa shape index (κ3) is 5.36. The predicted molar refractivity (Wildman–Crippen MR) is 108 cm³/mol. The SMILES string of the molecule is CCSc1cccc(C(=O)N2CCC(COCc3ccccc3)CC2)c1. The van der Waals surface area contributed by atoms with E-state index in [9.17, 15) is 4.79 Å². The summed E-state index contributed by atoms with van der Waals surface area (Å²) in [6.45, 7) is 5.22. The van der Waals surface area contributed by atoms with E-state index in [1.165, 1.54) is 10.5 Å². The molecule has 1 aliphatic heterocycles. The zero-order valence-corrected chi connectivity index (χ0v) is 16.2. The number of hydrogen-bond donors (Lipinski definition) is 0. The predicted octanol–water partition coefficient (Wildman–Crippen LogP) is 4.87. The lowest BCUT2D eigenvalue weighted by Crippen LogP contribution is -2.39. The first kappa shape index (κ1) is 19.0. The van der Waals surface area contributed by atoms with Crippen molar-refractivity contribution in [2.45, 2.75) is 31.3 Å². The lowest BCUT2D eigenvalue weighted by Gasteiger charge is -2.32. The average Bonchev–Trinajstić information content (AvgIpc) is 2.69. The first-order valence-electron chi connectivity index (χ1n) is 9.40. The normalized spacial score (nSPS) is 15.2. The van der Waals surface area contributed by atoms with Crippen LogP contribution in [0.4, 0.5) is 0 Å². The minimum atomic E-state index is 0.159. The molecule has 26 heavy (non-hydrogen) atoms. The molecule has 0 aromatic heterocycles. The zero-order valence-electron chi connectivity index (χ0n) is 15.4. The standard InChI is InChI=1S/C22H27NO2S/c1-2-26-21-10-6-9-20(15-21)22(24)23-13-11-19(12-14-23)17-25-16-18-7-4-3-5-8-18/h3-10,15,19H,2,11-14,16-17H2,1H3. The van der Waals surface area contributed by atoms with E-state index in [0.29, 0.717) is 12.5 Å². The summed E-state index contributed by atoms with van der Waals surface area (Å²) in [5, 5.41) is 0. The van der Waals surface area contributed by atoms with Crippen LogP contribution >= 0.6 is 11.8 Å². The number of hydrogen-bond acceptors (Lipinski definition) is 3. The highest BCUT2D eigenvalue weighted by Crippen LogP contribution is 2.23. The minimum Gasteiger partial charge on any atom is -0.376 e. The average molecular weight is 370 g/mol. The van der Waals surface area contributed by atoms with Crippen LogP contribution in [0.15, 0.2) is 59.5 Å². The topological polar surface area (TPSA) is 29.5 Å². The quantitative estimate of drug-likeness (QED) is 0.652. The maximum Gasteiger partial charge on any atom is 0.253 e. The van der Waals surface area contributed by atoms with Crippen molar-refractivity contribution in [3.63, 3.8) is 0 Å². The Labute approximate surface area is 160 Å². The lowest BCUT2D eigenvalue weighted by molar-refractivity contribution is 0.0478. The third-order valence-corrected chi connectivity index (χ3v) is 5.63. The van der Waals surface area contributed by atoms with Crippen molar-refractivity contribution in [3.05, 3.63) is 65.7 Å². The van der Waals surface area contributed by atoms with Crippen molar-refractivity contribution in [1.82, 2.24) is 4.90 Å². The van der Waals surface area contributed by atoms with E-state index in [1.54, 1.807) is 11.8 Å². The molecule has 2 aromatic rings. The summed E-state index contributed by atoms with van der Waals surface area (Å²) in [6, 6.07) is 18.3. The van der Waals surface area contributed by atoms with Gasteiger partial charge < -0.3 is 9.64 Å². The third-order valence-electron chi connectivity index (χ3n) is 4.76. The number of nitrogens with zero attached hydrogens (tertiary/aromatic N) is 1. The fourth-order valence-corrected chi connectivity index (χ4v) is 4.01. The molecular formula is C22H27NO2S. The van der Waals surface area contributed by atoms with Crippen LogP contribution in [-0.2, 0) is 11.3 Å². The fraction of sp³-hybridized carbons (Fsp3) is 0.409. The van der Waals surface area contributed by atoms with E-state index in [0.717, 1.165) is 43.9 Å². The summed E-state index contributed by atoms with van der Waals surface area (Å²) >= 11 is 1.77. The van der Waals surface area contributed by atoms with Crippen LogP contribution in [0, 0.1) is 5.92 Å². The fourth-order valence-electron chi connectivity index (χ4n) is 3.29. The summed E-state index contributed by atoms with van der Waals surface area (Å²) in [6.07, 6.45) is 2.04.